The van der Waals surface area contributed by atoms with Crippen LogP contribution in [0.5, 0.6) is 5.75 Å². The fourth-order valence-corrected chi connectivity index (χ4v) is 9.93. The van der Waals surface area contributed by atoms with E-state index in [2.05, 4.69) is 42.2 Å². The van der Waals surface area contributed by atoms with Gasteiger partial charge in [0.2, 0.25) is 65.0 Å². The van der Waals surface area contributed by atoms with E-state index in [0.29, 0.717) is 17.5 Å². The number of phenolic OH excluding ortho intramolecular Hbond substituents is 1. The van der Waals surface area contributed by atoms with Crippen LogP contribution in [0.2, 0.25) is 0 Å². The molecule has 1 unspecified atom stereocenters. The summed E-state index contributed by atoms with van der Waals surface area (Å²) in [7, 11) is 2.19. The lowest BCUT2D eigenvalue weighted by molar-refractivity contribution is -0.142. The molecule has 2 fully saturated rings. The van der Waals surface area contributed by atoms with Crippen LogP contribution in [0.3, 0.4) is 0 Å². The molecule has 402 valence electrons. The number of hydrogen-bond donors (Lipinski definition) is 13. The van der Waals surface area contributed by atoms with Crippen LogP contribution in [0, 0.1) is 0 Å². The van der Waals surface area contributed by atoms with Gasteiger partial charge in [0.25, 0.3) is 0 Å². The lowest BCUT2D eigenvalue weighted by Crippen LogP contribution is -2.61. The molecular weight excluding hydrogens is 1000 g/mol. The molecule has 2 heterocycles. The van der Waals surface area contributed by atoms with E-state index in [-0.39, 0.29) is 74.8 Å². The second-order valence-electron chi connectivity index (χ2n) is 17.3. The third-order valence-electron chi connectivity index (χ3n) is 11.5. The summed E-state index contributed by atoms with van der Waals surface area (Å²) in [5.41, 5.74) is 28.1. The summed E-state index contributed by atoms with van der Waals surface area (Å²) in [6.45, 7) is -0.402. The highest BCUT2D eigenvalue weighted by atomic mass is 33.1. The summed E-state index contributed by atoms with van der Waals surface area (Å²) in [6, 6.07) is 4.52. The first-order chi connectivity index (χ1) is 35.2. The number of rotatable bonds is 19. The van der Waals surface area contributed by atoms with Crippen molar-refractivity contribution in [2.75, 3.05) is 31.1 Å². The van der Waals surface area contributed by atoms with Gasteiger partial charge in [0.05, 0.1) is 13.0 Å². The third-order valence-corrected chi connectivity index (χ3v) is 13.9. The number of nitrogens with two attached hydrogens (primary N) is 5. The summed E-state index contributed by atoms with van der Waals surface area (Å²) in [6.07, 6.45) is -1.34. The fraction of sp³-hybridized carbons (Fsp3) is 0.478. The van der Waals surface area contributed by atoms with E-state index in [1.165, 1.54) is 17.0 Å². The van der Waals surface area contributed by atoms with E-state index >= 15 is 0 Å². The first-order valence-electron chi connectivity index (χ1n) is 23.6. The third kappa shape index (κ3) is 20.1. The van der Waals surface area contributed by atoms with Gasteiger partial charge in [-0.1, -0.05) is 64.1 Å². The molecule has 2 aliphatic heterocycles. The molecule has 26 nitrogen and oxygen atoms in total. The zero-order valence-electron chi connectivity index (χ0n) is 40.4. The minimum Gasteiger partial charge on any atom is -0.508 e. The maximum absolute atomic E-state index is 14.6. The summed E-state index contributed by atoms with van der Waals surface area (Å²) in [5, 5.41) is 27.8. The Morgan fingerprint density at radius 1 is 0.730 bits per heavy atom. The molecule has 18 N–H and O–H groups in total. The Kier molecular flexibility index (Phi) is 23.7. The average Bonchev–Trinajstić information content (AvgIpc) is 3.85. The Morgan fingerprint density at radius 2 is 1.34 bits per heavy atom. The van der Waals surface area contributed by atoms with Crippen LogP contribution < -0.4 is 65.9 Å². The number of carbonyl (C=O) groups is 11. The largest absolute Gasteiger partial charge is 0.508 e. The highest BCUT2D eigenvalue weighted by molar-refractivity contribution is 8.76. The molecule has 0 spiro atoms. The van der Waals surface area contributed by atoms with Crippen LogP contribution in [-0.2, 0) is 65.6 Å². The predicted octanol–water partition coefficient (Wildman–Crippen LogP) is -4.34. The predicted molar refractivity (Wildman–Crippen MR) is 272 cm³/mol. The molecule has 0 bridgehead atoms. The van der Waals surface area contributed by atoms with E-state index in [1.54, 1.807) is 42.5 Å². The molecule has 2 aliphatic rings. The Labute approximate surface area is 433 Å². The number of carbonyl (C=O) groups excluding carboxylic acids is 11. The van der Waals surface area contributed by atoms with Crippen LogP contribution >= 0.6 is 21.6 Å². The van der Waals surface area contributed by atoms with Gasteiger partial charge in [-0.3, -0.25) is 57.7 Å². The van der Waals surface area contributed by atoms with E-state index < -0.39 is 133 Å². The topological polar surface area (TPSA) is 438 Å². The molecule has 0 radical (unpaired) electrons. The molecule has 2 saturated heterocycles. The van der Waals surface area contributed by atoms with E-state index in [9.17, 15) is 57.8 Å². The molecule has 0 saturated carbocycles. The molecule has 2 aromatic carbocycles. The molecule has 0 aromatic heterocycles. The summed E-state index contributed by atoms with van der Waals surface area (Å²) < 4.78 is 0. The van der Waals surface area contributed by atoms with Crippen LogP contribution in [-0.4, -0.2) is 154 Å². The second kappa shape index (κ2) is 29.8. The van der Waals surface area contributed by atoms with E-state index in [4.69, 9.17) is 28.7 Å². The van der Waals surface area contributed by atoms with Crippen LogP contribution in [0.25, 0.3) is 0 Å². The summed E-state index contributed by atoms with van der Waals surface area (Å²) in [5.74, 6) is -9.75. The number of likely N-dealkylation sites (tertiary alicyclic amines) is 1. The van der Waals surface area contributed by atoms with Gasteiger partial charge in [-0.15, -0.1) is 0 Å². The molecule has 0 aliphatic carbocycles. The lowest BCUT2D eigenvalue weighted by Gasteiger charge is -2.31. The Morgan fingerprint density at radius 3 is 1.97 bits per heavy atom. The molecule has 74 heavy (non-hydrogen) atoms. The average molecular weight is 1070 g/mol. The van der Waals surface area contributed by atoms with Crippen LogP contribution in [0.15, 0.2) is 59.6 Å². The number of aromatic hydroxyl groups is 1. The minimum atomic E-state index is -1.77. The number of phenols is 1. The van der Waals surface area contributed by atoms with Gasteiger partial charge in [-0.25, -0.2) is 0 Å². The molecule has 7 atom stereocenters. The number of nitrogens with zero attached hydrogens (tertiary/aromatic N) is 2. The Balaban J connectivity index is 1.68. The van der Waals surface area contributed by atoms with Crippen molar-refractivity contribution in [3.8, 4) is 5.75 Å². The number of nitrogens with one attached hydrogen (secondary N) is 7. The zero-order chi connectivity index (χ0) is 54.3. The minimum absolute atomic E-state index is 0.0128. The smallest absolute Gasteiger partial charge is 0.246 e. The Hall–Kier alpha value is -7.62. The number of benzene rings is 2. The first kappa shape index (κ1) is 58.9. The SMILES string of the molecule is NC(=O)CCC1NC(=O)[C@@H](Cc2ccccc2)NC(=O)[C@H](Cc2ccc(O)cc2)NC(=O)CCSSC[C@@H](C(=O)N2CCC[C@H]2C(=O)N[C@H](CCCN=C(N)N)C(=O)NCC(N)=O)NC(=O)[C@@H](CC(N)=O)NC1=O. The maximum atomic E-state index is 14.6. The fourth-order valence-electron chi connectivity index (χ4n) is 7.78. The highest BCUT2D eigenvalue weighted by Crippen LogP contribution is 2.26. The van der Waals surface area contributed by atoms with Gasteiger partial charge in [0.15, 0.2) is 5.96 Å². The number of hydrogen-bond acceptors (Lipinski definition) is 15. The maximum Gasteiger partial charge on any atom is 0.246 e. The van der Waals surface area contributed by atoms with Crippen molar-refractivity contribution in [1.82, 2.24) is 42.1 Å². The Bertz CT molecular complexity index is 2380. The molecule has 4 rings (SSSR count). The number of guanidine groups is 1. The van der Waals surface area contributed by atoms with Crippen molar-refractivity contribution in [3.63, 3.8) is 0 Å². The van der Waals surface area contributed by atoms with Gasteiger partial charge in [0, 0.05) is 50.3 Å². The van der Waals surface area contributed by atoms with Crippen molar-refractivity contribution >= 4 is 92.5 Å². The monoisotopic (exact) mass is 1070 g/mol. The van der Waals surface area contributed by atoms with Gasteiger partial charge in [-0.05, 0) is 55.4 Å². The van der Waals surface area contributed by atoms with Crippen molar-refractivity contribution in [3.05, 3.63) is 65.7 Å². The summed E-state index contributed by atoms with van der Waals surface area (Å²) in [4.78, 5) is 153. The number of amides is 11. The van der Waals surface area contributed by atoms with Crippen molar-refractivity contribution < 1.29 is 57.8 Å². The molecule has 28 heteroatoms. The van der Waals surface area contributed by atoms with Crippen molar-refractivity contribution in [2.24, 2.45) is 33.7 Å². The highest BCUT2D eigenvalue weighted by Gasteiger charge is 2.40. The molecular formula is C46H64N14O12S2. The number of primary amides is 3. The lowest BCUT2D eigenvalue weighted by atomic mass is 10.0. The normalized spacial score (nSPS) is 21.7. The first-order valence-corrected chi connectivity index (χ1v) is 26.0. The molecule has 2 aromatic rings. The van der Waals surface area contributed by atoms with Gasteiger partial charge < -0.3 is 75.9 Å². The van der Waals surface area contributed by atoms with Crippen LogP contribution in [0.1, 0.15) is 62.5 Å². The number of aliphatic imine (C=N–C) groups is 1. The van der Waals surface area contributed by atoms with E-state index in [1.807, 2.05) is 0 Å². The van der Waals surface area contributed by atoms with Crippen molar-refractivity contribution in [2.45, 2.75) is 107 Å². The van der Waals surface area contributed by atoms with Gasteiger partial charge >= 0.3 is 0 Å². The van der Waals surface area contributed by atoms with Gasteiger partial charge in [0.1, 0.15) is 48.0 Å². The van der Waals surface area contributed by atoms with Gasteiger partial charge in [-0.2, -0.15) is 0 Å². The van der Waals surface area contributed by atoms with Crippen LogP contribution in [0.4, 0.5) is 0 Å². The van der Waals surface area contributed by atoms with Crippen molar-refractivity contribution in [1.29, 1.82) is 0 Å². The summed E-state index contributed by atoms with van der Waals surface area (Å²) >= 11 is 0. The second-order valence-corrected chi connectivity index (χ2v) is 20.0. The quantitative estimate of drug-likeness (QED) is 0.0274. The standard InChI is InChI=1S/C46H64N14O12S2/c47-35(62)15-14-29-40(67)58-32(22-36(48)63)43(70)59-33(45(72)60-18-5-9-34(60)44(71)56-28(8-4-17-52-46(50)51)39(66)53-23-37(49)64)24-74-73-19-16-38(65)54-30(21-26-10-12-27(61)13-11-26)41(68)57-31(42(69)55-29)20-25-6-2-1-3-7-25/h1-3,6-7,10-13,28-34,61H,4-5,8-9,14-24H2,(H2,47,62)(H2,48,63)(H2,49,64)(H,53,66)(H,54,65)(H,55,69)(H,56,71)(H,57,68)(H,58,67)(H,59,70)(H4,50,51,52)/t28-,29?,30+,31-,32-,33+,34+/m1/s1. The van der Waals surface area contributed by atoms with E-state index in [0.717, 1.165) is 21.6 Å². The zero-order valence-corrected chi connectivity index (χ0v) is 42.0. The molecule has 11 amide bonds.